The van der Waals surface area contributed by atoms with Crippen LogP contribution >= 0.6 is 0 Å². The van der Waals surface area contributed by atoms with E-state index in [0.717, 1.165) is 17.8 Å². The van der Waals surface area contributed by atoms with Crippen LogP contribution in [-0.4, -0.2) is 0 Å². The minimum absolute atomic E-state index is 0.852. The van der Waals surface area contributed by atoms with Crippen LogP contribution in [0.25, 0.3) is 0 Å². The van der Waals surface area contributed by atoms with E-state index in [2.05, 4.69) is 19.9 Å². The van der Waals surface area contributed by atoms with Gasteiger partial charge < -0.3 is 0 Å². The van der Waals surface area contributed by atoms with E-state index >= 15 is 0 Å². The summed E-state index contributed by atoms with van der Waals surface area (Å²) in [5.74, 6) is 2.79. The maximum Gasteiger partial charge on any atom is -0.00113 e. The lowest BCUT2D eigenvalue weighted by Crippen LogP contribution is -2.20. The van der Waals surface area contributed by atoms with Crippen molar-refractivity contribution in [2.24, 2.45) is 17.8 Å². The number of hydrogen-bond donors (Lipinski definition) is 0. The normalized spacial score (nSPS) is 40.5. The minimum Gasteiger partial charge on any atom is -0.0738 e. The van der Waals surface area contributed by atoms with E-state index < -0.39 is 0 Å². The van der Waals surface area contributed by atoms with Gasteiger partial charge in [-0.05, 0) is 48.2 Å². The molecule has 0 amide bonds. The van der Waals surface area contributed by atoms with Gasteiger partial charge >= 0.3 is 0 Å². The molecule has 1 saturated carbocycles. The van der Waals surface area contributed by atoms with Crippen LogP contribution in [0, 0.1) is 17.8 Å². The highest BCUT2D eigenvalue weighted by molar-refractivity contribution is 5.56. The van der Waals surface area contributed by atoms with Gasteiger partial charge in [0.05, 0.1) is 0 Å². The molecule has 3 aliphatic carbocycles. The first-order valence-electron chi connectivity index (χ1n) is 5.75. The molecule has 0 aromatic rings. The van der Waals surface area contributed by atoms with Crippen molar-refractivity contribution in [1.82, 2.24) is 0 Å². The Morgan fingerprint density at radius 2 is 2.23 bits per heavy atom. The molecule has 0 nitrogen and oxygen atoms in total. The van der Waals surface area contributed by atoms with Gasteiger partial charge in [-0.15, -0.1) is 0 Å². The fourth-order valence-corrected chi connectivity index (χ4v) is 3.51. The molecule has 0 heteroatoms. The van der Waals surface area contributed by atoms with Crippen molar-refractivity contribution in [2.45, 2.75) is 39.5 Å². The summed E-state index contributed by atoms with van der Waals surface area (Å²) < 4.78 is 0. The van der Waals surface area contributed by atoms with E-state index in [4.69, 9.17) is 0 Å². The smallest absolute Gasteiger partial charge is 0.00113 e. The third-order valence-electron chi connectivity index (χ3n) is 4.18. The average molecular weight is 174 g/mol. The minimum atomic E-state index is 0.852. The van der Waals surface area contributed by atoms with Crippen molar-refractivity contribution >= 4 is 0 Å². The van der Waals surface area contributed by atoms with E-state index in [0.29, 0.717) is 0 Å². The van der Waals surface area contributed by atoms with Crippen molar-refractivity contribution < 1.29 is 0 Å². The summed E-state index contributed by atoms with van der Waals surface area (Å²) >= 11 is 0. The molecule has 0 saturated heterocycles. The molecule has 0 aliphatic heterocycles. The predicted octanol–water partition coefficient (Wildman–Crippen LogP) is 3.70. The fourth-order valence-electron chi connectivity index (χ4n) is 3.51. The standard InChI is InChI=1S/C13H18/c1-3-4-9-6-10-7-11-8(2)5-12(9)13(10)11/h6,8-9,11H,3-5,7H2,1-2H3. The Balaban J connectivity index is 1.91. The van der Waals surface area contributed by atoms with E-state index in [-0.39, 0.29) is 0 Å². The molecule has 3 atom stereocenters. The molecule has 0 spiro atoms. The van der Waals surface area contributed by atoms with Gasteiger partial charge in [0.1, 0.15) is 0 Å². The SMILES string of the molecule is CCCC1C=C2CC3C2=C1CC3C. The molecule has 0 aromatic heterocycles. The van der Waals surface area contributed by atoms with Crippen LogP contribution in [0.4, 0.5) is 0 Å². The highest BCUT2D eigenvalue weighted by atomic mass is 14.5. The van der Waals surface area contributed by atoms with Crippen molar-refractivity contribution in [2.75, 3.05) is 0 Å². The summed E-state index contributed by atoms with van der Waals surface area (Å²) in [5.41, 5.74) is 5.37. The molecule has 0 aromatic carbocycles. The molecule has 1 fully saturated rings. The number of rotatable bonds is 2. The van der Waals surface area contributed by atoms with Crippen molar-refractivity contribution in [3.63, 3.8) is 0 Å². The summed E-state index contributed by atoms with van der Waals surface area (Å²) in [6, 6.07) is 0. The van der Waals surface area contributed by atoms with Crippen molar-refractivity contribution in [3.05, 3.63) is 22.8 Å². The maximum absolute atomic E-state index is 2.57. The van der Waals surface area contributed by atoms with Crippen LogP contribution in [0.5, 0.6) is 0 Å². The second-order valence-electron chi connectivity index (χ2n) is 5.02. The third-order valence-corrected chi connectivity index (χ3v) is 4.18. The number of allylic oxidation sites excluding steroid dienone is 4. The van der Waals surface area contributed by atoms with Crippen LogP contribution in [0.1, 0.15) is 39.5 Å². The third kappa shape index (κ3) is 0.868. The monoisotopic (exact) mass is 174 g/mol. The van der Waals surface area contributed by atoms with Gasteiger partial charge in [-0.2, -0.15) is 0 Å². The van der Waals surface area contributed by atoms with Gasteiger partial charge in [0.2, 0.25) is 0 Å². The lowest BCUT2D eigenvalue weighted by molar-refractivity contribution is 0.394. The van der Waals surface area contributed by atoms with Gasteiger partial charge in [-0.25, -0.2) is 0 Å². The van der Waals surface area contributed by atoms with Crippen LogP contribution in [0.2, 0.25) is 0 Å². The lowest BCUT2D eigenvalue weighted by atomic mass is 9.73. The fraction of sp³-hybridized carbons (Fsp3) is 0.692. The first-order valence-corrected chi connectivity index (χ1v) is 5.75. The van der Waals surface area contributed by atoms with E-state index in [1.165, 1.54) is 25.7 Å². The number of hydrogen-bond acceptors (Lipinski definition) is 0. The van der Waals surface area contributed by atoms with Gasteiger partial charge in [0.15, 0.2) is 0 Å². The summed E-state index contributed by atoms with van der Waals surface area (Å²) in [5, 5.41) is 0. The highest BCUT2D eigenvalue weighted by Crippen LogP contribution is 2.59. The molecule has 3 rings (SSSR count). The summed E-state index contributed by atoms with van der Waals surface area (Å²) in [6.07, 6.45) is 8.10. The largest absolute Gasteiger partial charge is 0.0738 e. The second-order valence-corrected chi connectivity index (χ2v) is 5.02. The molecule has 0 bridgehead atoms. The molecular weight excluding hydrogens is 156 g/mol. The first-order chi connectivity index (χ1) is 6.31. The van der Waals surface area contributed by atoms with Crippen LogP contribution in [-0.2, 0) is 0 Å². The Morgan fingerprint density at radius 1 is 1.38 bits per heavy atom. The zero-order valence-electron chi connectivity index (χ0n) is 8.64. The highest BCUT2D eigenvalue weighted by Gasteiger charge is 2.46. The summed E-state index contributed by atoms with van der Waals surface area (Å²) in [7, 11) is 0. The molecule has 3 aliphatic rings. The molecular formula is C13H18. The molecule has 70 valence electrons. The van der Waals surface area contributed by atoms with Crippen molar-refractivity contribution in [3.8, 4) is 0 Å². The second kappa shape index (κ2) is 2.50. The molecule has 13 heavy (non-hydrogen) atoms. The molecule has 0 radical (unpaired) electrons. The molecule has 3 unspecified atom stereocenters. The zero-order valence-corrected chi connectivity index (χ0v) is 8.64. The zero-order chi connectivity index (χ0) is 9.00. The van der Waals surface area contributed by atoms with Gasteiger partial charge in [-0.1, -0.05) is 31.9 Å². The average Bonchev–Trinajstić information content (AvgIpc) is 2.42. The van der Waals surface area contributed by atoms with Gasteiger partial charge in [0, 0.05) is 0 Å². The summed E-state index contributed by atoms with van der Waals surface area (Å²) in [4.78, 5) is 0. The van der Waals surface area contributed by atoms with Crippen LogP contribution in [0.15, 0.2) is 22.8 Å². The summed E-state index contributed by atoms with van der Waals surface area (Å²) in [6.45, 7) is 4.74. The Kier molecular flexibility index (Phi) is 1.51. The Morgan fingerprint density at radius 3 is 3.00 bits per heavy atom. The Bertz CT molecular complexity index is 306. The predicted molar refractivity (Wildman–Crippen MR) is 55.4 cm³/mol. The Labute approximate surface area is 80.7 Å². The van der Waals surface area contributed by atoms with E-state index in [9.17, 15) is 0 Å². The molecule has 0 heterocycles. The van der Waals surface area contributed by atoms with Crippen LogP contribution in [0.3, 0.4) is 0 Å². The van der Waals surface area contributed by atoms with E-state index in [1.807, 2.05) is 11.1 Å². The lowest BCUT2D eigenvalue weighted by Gasteiger charge is -2.31. The molecule has 0 N–H and O–H groups in total. The topological polar surface area (TPSA) is 0 Å². The van der Waals surface area contributed by atoms with Crippen LogP contribution < -0.4 is 0 Å². The van der Waals surface area contributed by atoms with Gasteiger partial charge in [-0.3, -0.25) is 0 Å². The quantitative estimate of drug-likeness (QED) is 0.599. The van der Waals surface area contributed by atoms with Gasteiger partial charge in [0.25, 0.3) is 0 Å². The van der Waals surface area contributed by atoms with E-state index in [1.54, 1.807) is 5.57 Å². The Hall–Kier alpha value is -0.520. The van der Waals surface area contributed by atoms with Crippen molar-refractivity contribution in [1.29, 1.82) is 0 Å². The maximum atomic E-state index is 2.57. The first kappa shape index (κ1) is 7.84.